The van der Waals surface area contributed by atoms with Gasteiger partial charge >= 0.3 is 0 Å². The standard InChI is InChI=1S/C22H38O2/c1-14-6-7-17-20-18(9-11-21(14,17)2)22(3)10-8-16(23-4)12-15(22)13-19(20)24-5/h14-20H,6-13H2,1-5H3. The van der Waals surface area contributed by atoms with Crippen LogP contribution in [0.15, 0.2) is 0 Å². The van der Waals surface area contributed by atoms with Crippen LogP contribution in [0.25, 0.3) is 0 Å². The molecule has 0 saturated heterocycles. The van der Waals surface area contributed by atoms with Crippen molar-refractivity contribution in [3.8, 4) is 0 Å². The number of hydrogen-bond donors (Lipinski definition) is 0. The van der Waals surface area contributed by atoms with E-state index in [1.807, 2.05) is 14.2 Å². The molecule has 4 saturated carbocycles. The molecule has 0 radical (unpaired) electrons. The lowest BCUT2D eigenvalue weighted by atomic mass is 9.44. The van der Waals surface area contributed by atoms with Crippen LogP contribution in [0.5, 0.6) is 0 Å². The van der Waals surface area contributed by atoms with Gasteiger partial charge in [-0.2, -0.15) is 0 Å². The van der Waals surface area contributed by atoms with E-state index >= 15 is 0 Å². The topological polar surface area (TPSA) is 18.5 Å². The van der Waals surface area contributed by atoms with E-state index in [-0.39, 0.29) is 0 Å². The molecule has 9 unspecified atom stereocenters. The molecular formula is C22H38O2. The number of fused-ring (bicyclic) bond motifs is 5. The maximum Gasteiger partial charge on any atom is 0.0608 e. The van der Waals surface area contributed by atoms with Crippen molar-refractivity contribution in [3.05, 3.63) is 0 Å². The van der Waals surface area contributed by atoms with Crippen LogP contribution >= 0.6 is 0 Å². The average Bonchev–Trinajstić information content (AvgIpc) is 2.89. The Bertz CT molecular complexity index is 477. The second-order valence-electron chi connectivity index (χ2n) is 10.2. The van der Waals surface area contributed by atoms with Crippen molar-refractivity contribution in [2.45, 2.75) is 84.3 Å². The minimum absolute atomic E-state index is 0.484. The zero-order valence-corrected chi connectivity index (χ0v) is 16.5. The van der Waals surface area contributed by atoms with Crippen molar-refractivity contribution >= 4 is 0 Å². The van der Waals surface area contributed by atoms with Crippen LogP contribution in [-0.2, 0) is 9.47 Å². The van der Waals surface area contributed by atoms with E-state index in [1.54, 1.807) is 0 Å². The summed E-state index contributed by atoms with van der Waals surface area (Å²) in [7, 11) is 3.88. The van der Waals surface area contributed by atoms with Gasteiger partial charge in [0.25, 0.3) is 0 Å². The Balaban J connectivity index is 1.66. The number of hydrogen-bond acceptors (Lipinski definition) is 2. The molecule has 0 aromatic carbocycles. The molecule has 0 N–H and O–H groups in total. The molecule has 9 atom stereocenters. The fourth-order valence-electron chi connectivity index (χ4n) is 7.88. The summed E-state index contributed by atoms with van der Waals surface area (Å²) in [6, 6.07) is 0. The Morgan fingerprint density at radius 2 is 1.50 bits per heavy atom. The first kappa shape index (κ1) is 17.3. The summed E-state index contributed by atoms with van der Waals surface area (Å²) in [4.78, 5) is 0. The van der Waals surface area contributed by atoms with Crippen LogP contribution in [0.3, 0.4) is 0 Å². The monoisotopic (exact) mass is 334 g/mol. The fourth-order valence-corrected chi connectivity index (χ4v) is 7.88. The lowest BCUT2D eigenvalue weighted by Crippen LogP contribution is -2.58. The zero-order chi connectivity index (χ0) is 17.1. The van der Waals surface area contributed by atoms with Gasteiger partial charge in [0.05, 0.1) is 12.2 Å². The van der Waals surface area contributed by atoms with Crippen molar-refractivity contribution in [2.24, 2.45) is 40.4 Å². The normalized spacial score (nSPS) is 57.1. The van der Waals surface area contributed by atoms with E-state index in [0.29, 0.717) is 23.0 Å². The van der Waals surface area contributed by atoms with Crippen LogP contribution in [0.2, 0.25) is 0 Å². The second kappa shape index (κ2) is 5.98. The molecule has 2 nitrogen and oxygen atoms in total. The Morgan fingerprint density at radius 1 is 0.792 bits per heavy atom. The van der Waals surface area contributed by atoms with Gasteiger partial charge in [0.15, 0.2) is 0 Å². The van der Waals surface area contributed by atoms with Gasteiger partial charge in [0.2, 0.25) is 0 Å². The van der Waals surface area contributed by atoms with Gasteiger partial charge in [-0.1, -0.05) is 20.8 Å². The maximum atomic E-state index is 6.17. The molecular weight excluding hydrogens is 296 g/mol. The maximum absolute atomic E-state index is 6.17. The molecule has 138 valence electrons. The molecule has 4 fully saturated rings. The third-order valence-electron chi connectivity index (χ3n) is 9.72. The SMILES string of the molecule is COC1CCC2(C)C(C1)CC(OC)C1C3CCC(C)C3(C)CCC12. The van der Waals surface area contributed by atoms with E-state index in [1.165, 1.54) is 51.4 Å². The highest BCUT2D eigenvalue weighted by Gasteiger charge is 2.62. The molecule has 0 aromatic rings. The Morgan fingerprint density at radius 3 is 2.21 bits per heavy atom. The molecule has 2 heteroatoms. The largest absolute Gasteiger partial charge is 0.381 e. The number of methoxy groups -OCH3 is 2. The zero-order valence-electron chi connectivity index (χ0n) is 16.5. The lowest BCUT2D eigenvalue weighted by Gasteiger charge is -2.62. The minimum Gasteiger partial charge on any atom is -0.381 e. The van der Waals surface area contributed by atoms with Gasteiger partial charge in [0.1, 0.15) is 0 Å². The van der Waals surface area contributed by atoms with Crippen LogP contribution < -0.4 is 0 Å². The van der Waals surface area contributed by atoms with Crippen molar-refractivity contribution in [3.63, 3.8) is 0 Å². The Hall–Kier alpha value is -0.0800. The third-order valence-corrected chi connectivity index (χ3v) is 9.72. The molecule has 0 heterocycles. The Kier molecular flexibility index (Phi) is 4.32. The smallest absolute Gasteiger partial charge is 0.0608 e. The van der Waals surface area contributed by atoms with Gasteiger partial charge < -0.3 is 9.47 Å². The summed E-state index contributed by atoms with van der Waals surface area (Å²) in [6.45, 7) is 7.75. The van der Waals surface area contributed by atoms with Gasteiger partial charge in [-0.3, -0.25) is 0 Å². The summed E-state index contributed by atoms with van der Waals surface area (Å²) in [5.74, 6) is 4.27. The van der Waals surface area contributed by atoms with Crippen LogP contribution in [0, 0.1) is 40.4 Å². The molecule has 4 aliphatic rings. The molecule has 0 aliphatic heterocycles. The van der Waals surface area contributed by atoms with E-state index < -0.39 is 0 Å². The second-order valence-corrected chi connectivity index (χ2v) is 10.2. The number of ether oxygens (including phenoxy) is 2. The van der Waals surface area contributed by atoms with E-state index in [9.17, 15) is 0 Å². The highest BCUT2D eigenvalue weighted by molar-refractivity contribution is 5.11. The predicted octanol–water partition coefficient (Wildman–Crippen LogP) is 5.31. The van der Waals surface area contributed by atoms with Crippen molar-refractivity contribution in [2.75, 3.05) is 14.2 Å². The Labute approximate surface area is 149 Å². The van der Waals surface area contributed by atoms with E-state index in [0.717, 1.165) is 29.6 Å². The first-order chi connectivity index (χ1) is 11.4. The van der Waals surface area contributed by atoms with Crippen LogP contribution in [-0.4, -0.2) is 26.4 Å². The highest BCUT2D eigenvalue weighted by atomic mass is 16.5. The van der Waals surface area contributed by atoms with Crippen LogP contribution in [0.1, 0.15) is 72.1 Å². The summed E-state index contributed by atoms with van der Waals surface area (Å²) in [6.07, 6.45) is 11.9. The average molecular weight is 335 g/mol. The molecule has 24 heavy (non-hydrogen) atoms. The predicted molar refractivity (Wildman–Crippen MR) is 97.9 cm³/mol. The molecule has 0 amide bonds. The summed E-state index contributed by atoms with van der Waals surface area (Å²) in [5, 5.41) is 0. The summed E-state index contributed by atoms with van der Waals surface area (Å²) in [5.41, 5.74) is 1.10. The van der Waals surface area contributed by atoms with Crippen LogP contribution in [0.4, 0.5) is 0 Å². The highest BCUT2D eigenvalue weighted by Crippen LogP contribution is 2.67. The van der Waals surface area contributed by atoms with E-state index in [2.05, 4.69) is 20.8 Å². The van der Waals surface area contributed by atoms with Gasteiger partial charge in [-0.15, -0.1) is 0 Å². The third kappa shape index (κ3) is 2.28. The minimum atomic E-state index is 0.484. The fraction of sp³-hybridized carbons (Fsp3) is 1.00. The lowest BCUT2D eigenvalue weighted by molar-refractivity contribution is -0.181. The van der Waals surface area contributed by atoms with Crippen molar-refractivity contribution in [1.29, 1.82) is 0 Å². The molecule has 0 spiro atoms. The van der Waals surface area contributed by atoms with Crippen molar-refractivity contribution < 1.29 is 9.47 Å². The summed E-state index contributed by atoms with van der Waals surface area (Å²) >= 11 is 0. The first-order valence-corrected chi connectivity index (χ1v) is 10.5. The molecule has 0 aromatic heterocycles. The number of rotatable bonds is 2. The first-order valence-electron chi connectivity index (χ1n) is 10.5. The molecule has 4 aliphatic carbocycles. The molecule has 4 rings (SSSR count). The quantitative estimate of drug-likeness (QED) is 0.682. The van der Waals surface area contributed by atoms with Crippen molar-refractivity contribution in [1.82, 2.24) is 0 Å². The van der Waals surface area contributed by atoms with Gasteiger partial charge in [0, 0.05) is 14.2 Å². The molecule has 0 bridgehead atoms. The summed E-state index contributed by atoms with van der Waals surface area (Å²) < 4.78 is 11.9. The van der Waals surface area contributed by atoms with Gasteiger partial charge in [-0.05, 0) is 91.8 Å². The van der Waals surface area contributed by atoms with Gasteiger partial charge in [-0.25, -0.2) is 0 Å². The van der Waals surface area contributed by atoms with E-state index in [4.69, 9.17) is 9.47 Å².